The van der Waals surface area contributed by atoms with E-state index < -0.39 is 34.4 Å². The molecule has 11 heteroatoms. The number of aliphatic hydroxyl groups is 2. The van der Waals surface area contributed by atoms with Crippen molar-refractivity contribution in [3.8, 4) is 0 Å². The summed E-state index contributed by atoms with van der Waals surface area (Å²) in [6, 6.07) is 9.98. The van der Waals surface area contributed by atoms with Gasteiger partial charge in [0.15, 0.2) is 0 Å². The van der Waals surface area contributed by atoms with E-state index >= 15 is 0 Å². The molecule has 1 heterocycles. The summed E-state index contributed by atoms with van der Waals surface area (Å²) in [6.07, 6.45) is 0. The SMILES string of the molecule is COC(=O)c1ccc([C@@H]2C(=C(O)c3cccc([N+](=O)[O-])c3)C(=O)C(=O)N2CCOCCO)cc1. The molecule has 3 rings (SSSR count). The van der Waals surface area contributed by atoms with E-state index in [0.717, 1.165) is 6.07 Å². The zero-order valence-electron chi connectivity index (χ0n) is 18.2. The predicted octanol–water partition coefficient (Wildman–Crippen LogP) is 1.81. The van der Waals surface area contributed by atoms with Gasteiger partial charge in [0.2, 0.25) is 0 Å². The number of Topliss-reactive ketones (excluding diaryl/α,β-unsaturated/α-hetero) is 1. The normalized spacial score (nSPS) is 17.1. The zero-order valence-corrected chi connectivity index (χ0v) is 18.2. The summed E-state index contributed by atoms with van der Waals surface area (Å²) in [4.78, 5) is 49.3. The number of hydrogen-bond acceptors (Lipinski definition) is 9. The number of carbonyl (C=O) groups excluding carboxylic acids is 3. The maximum Gasteiger partial charge on any atom is 0.337 e. The molecule has 0 saturated carbocycles. The number of carbonyl (C=O) groups is 3. The third-order valence-corrected chi connectivity index (χ3v) is 5.23. The second-order valence-electron chi connectivity index (χ2n) is 7.25. The van der Waals surface area contributed by atoms with Crippen LogP contribution in [0.5, 0.6) is 0 Å². The Morgan fingerprint density at radius 1 is 1.12 bits per heavy atom. The van der Waals surface area contributed by atoms with Gasteiger partial charge in [0.25, 0.3) is 17.4 Å². The number of ether oxygens (including phenoxy) is 2. The minimum absolute atomic E-state index is 0.0000820. The first kappa shape index (κ1) is 24.6. The molecule has 1 saturated heterocycles. The quantitative estimate of drug-likeness (QED) is 0.106. The van der Waals surface area contributed by atoms with Crippen molar-refractivity contribution < 1.29 is 39.0 Å². The molecule has 1 atom stereocenters. The first-order chi connectivity index (χ1) is 16.3. The fourth-order valence-electron chi connectivity index (χ4n) is 3.63. The summed E-state index contributed by atoms with van der Waals surface area (Å²) in [5.74, 6) is -2.99. The van der Waals surface area contributed by atoms with Crippen LogP contribution in [0.2, 0.25) is 0 Å². The van der Waals surface area contributed by atoms with Gasteiger partial charge in [-0.2, -0.15) is 0 Å². The lowest BCUT2D eigenvalue weighted by atomic mass is 9.94. The molecule has 0 unspecified atom stereocenters. The van der Waals surface area contributed by atoms with Crippen LogP contribution in [-0.4, -0.2) is 71.2 Å². The third kappa shape index (κ3) is 4.95. The number of aliphatic hydroxyl groups excluding tert-OH is 2. The lowest BCUT2D eigenvalue weighted by molar-refractivity contribution is -0.384. The summed E-state index contributed by atoms with van der Waals surface area (Å²) in [5, 5.41) is 31.0. The maximum atomic E-state index is 12.9. The summed E-state index contributed by atoms with van der Waals surface area (Å²) in [6.45, 7) is -0.193. The maximum absolute atomic E-state index is 12.9. The zero-order chi connectivity index (χ0) is 24.8. The molecular formula is C23H22N2O9. The van der Waals surface area contributed by atoms with Crippen LogP contribution in [-0.2, 0) is 19.1 Å². The number of nitro benzene ring substituents is 1. The molecule has 2 aromatic rings. The first-order valence-electron chi connectivity index (χ1n) is 10.2. The molecule has 2 N–H and O–H groups in total. The molecule has 1 aliphatic rings. The Balaban J connectivity index is 2.10. The number of esters is 1. The largest absolute Gasteiger partial charge is 0.507 e. The number of nitrogens with zero attached hydrogens (tertiary/aromatic N) is 2. The number of non-ortho nitro benzene ring substituents is 1. The molecule has 0 bridgehead atoms. The van der Waals surface area contributed by atoms with Gasteiger partial charge in [0.1, 0.15) is 5.76 Å². The average molecular weight is 470 g/mol. The van der Waals surface area contributed by atoms with E-state index in [1.54, 1.807) is 0 Å². The van der Waals surface area contributed by atoms with Crippen molar-refractivity contribution in [1.82, 2.24) is 4.90 Å². The number of hydrogen-bond donors (Lipinski definition) is 2. The molecule has 1 fully saturated rings. The van der Waals surface area contributed by atoms with Crippen molar-refractivity contribution >= 4 is 29.1 Å². The van der Waals surface area contributed by atoms with Crippen LogP contribution in [0.4, 0.5) is 5.69 Å². The van der Waals surface area contributed by atoms with Gasteiger partial charge >= 0.3 is 5.97 Å². The minimum Gasteiger partial charge on any atom is -0.507 e. The van der Waals surface area contributed by atoms with Gasteiger partial charge in [0.05, 0.1) is 49.0 Å². The van der Waals surface area contributed by atoms with Gasteiger partial charge in [-0.05, 0) is 17.7 Å². The van der Waals surface area contributed by atoms with Crippen molar-refractivity contribution in [3.63, 3.8) is 0 Å². The van der Waals surface area contributed by atoms with Gasteiger partial charge in [-0.25, -0.2) is 4.79 Å². The molecule has 1 aliphatic heterocycles. The van der Waals surface area contributed by atoms with Crippen LogP contribution in [0, 0.1) is 10.1 Å². The lowest BCUT2D eigenvalue weighted by Crippen LogP contribution is -2.33. The molecule has 11 nitrogen and oxygen atoms in total. The Hall–Kier alpha value is -4.09. The van der Waals surface area contributed by atoms with Crippen molar-refractivity contribution in [2.75, 3.05) is 33.5 Å². The van der Waals surface area contributed by atoms with Crippen LogP contribution in [0.15, 0.2) is 54.1 Å². The van der Waals surface area contributed by atoms with Crippen LogP contribution >= 0.6 is 0 Å². The Morgan fingerprint density at radius 3 is 2.44 bits per heavy atom. The second-order valence-corrected chi connectivity index (χ2v) is 7.25. The number of methoxy groups -OCH3 is 1. The van der Waals surface area contributed by atoms with Gasteiger partial charge in [-0.3, -0.25) is 19.7 Å². The number of amides is 1. The average Bonchev–Trinajstić information content (AvgIpc) is 3.10. The topological polar surface area (TPSA) is 157 Å². The first-order valence-corrected chi connectivity index (χ1v) is 10.2. The summed E-state index contributed by atoms with van der Waals surface area (Å²) >= 11 is 0. The van der Waals surface area contributed by atoms with Gasteiger partial charge in [-0.1, -0.05) is 24.3 Å². The summed E-state index contributed by atoms with van der Waals surface area (Å²) in [5.41, 5.74) is 0.113. The fourth-order valence-corrected chi connectivity index (χ4v) is 3.63. The molecule has 0 radical (unpaired) electrons. The highest BCUT2D eigenvalue weighted by Crippen LogP contribution is 2.39. The number of likely N-dealkylation sites (tertiary alicyclic amines) is 1. The monoisotopic (exact) mass is 470 g/mol. The Bertz CT molecular complexity index is 1140. The Labute approximate surface area is 194 Å². The number of nitro groups is 1. The van der Waals surface area contributed by atoms with Crippen LogP contribution < -0.4 is 0 Å². The van der Waals surface area contributed by atoms with E-state index in [0.29, 0.717) is 5.56 Å². The highest BCUT2D eigenvalue weighted by atomic mass is 16.6. The molecule has 178 valence electrons. The Kier molecular flexibility index (Phi) is 7.71. The van der Waals surface area contributed by atoms with Gasteiger partial charge in [0, 0.05) is 24.2 Å². The van der Waals surface area contributed by atoms with E-state index in [2.05, 4.69) is 4.74 Å². The van der Waals surface area contributed by atoms with E-state index in [1.807, 2.05) is 0 Å². The molecule has 0 aromatic heterocycles. The van der Waals surface area contributed by atoms with E-state index in [1.165, 1.54) is 54.5 Å². The number of benzene rings is 2. The van der Waals surface area contributed by atoms with Crippen molar-refractivity contribution in [2.24, 2.45) is 0 Å². The fraction of sp³-hybridized carbons (Fsp3) is 0.261. The minimum atomic E-state index is -1.04. The molecule has 0 aliphatic carbocycles. The van der Waals surface area contributed by atoms with E-state index in [4.69, 9.17) is 9.84 Å². The smallest absolute Gasteiger partial charge is 0.337 e. The van der Waals surface area contributed by atoms with Crippen LogP contribution in [0.3, 0.4) is 0 Å². The molecule has 0 spiro atoms. The van der Waals surface area contributed by atoms with Crippen LogP contribution in [0.25, 0.3) is 5.76 Å². The molecule has 2 aromatic carbocycles. The standard InChI is InChI=1S/C23H22N2O9/c1-33-23(30)15-7-5-14(6-8-15)19-18(20(27)16-3-2-4-17(13-16)25(31)32)21(28)22(29)24(19)9-11-34-12-10-26/h2-8,13,19,26-27H,9-12H2,1H3/t19-/m1/s1. The molecule has 34 heavy (non-hydrogen) atoms. The van der Waals surface area contributed by atoms with Crippen molar-refractivity contribution in [1.29, 1.82) is 0 Å². The highest BCUT2D eigenvalue weighted by Gasteiger charge is 2.46. The summed E-state index contributed by atoms with van der Waals surface area (Å²) in [7, 11) is 1.23. The van der Waals surface area contributed by atoms with Gasteiger partial charge < -0.3 is 24.6 Å². The Morgan fingerprint density at radius 2 is 1.82 bits per heavy atom. The van der Waals surface area contributed by atoms with Crippen molar-refractivity contribution in [3.05, 3.63) is 80.9 Å². The molecule has 1 amide bonds. The van der Waals surface area contributed by atoms with Crippen LogP contribution in [0.1, 0.15) is 27.5 Å². The second kappa shape index (κ2) is 10.7. The van der Waals surface area contributed by atoms with E-state index in [-0.39, 0.29) is 48.8 Å². The number of ketones is 1. The predicted molar refractivity (Wildman–Crippen MR) is 118 cm³/mol. The highest BCUT2D eigenvalue weighted by molar-refractivity contribution is 6.46. The third-order valence-electron chi connectivity index (χ3n) is 5.23. The van der Waals surface area contributed by atoms with E-state index in [9.17, 15) is 29.6 Å². The number of rotatable bonds is 9. The molecular weight excluding hydrogens is 448 g/mol. The van der Waals surface area contributed by atoms with Gasteiger partial charge in [-0.15, -0.1) is 0 Å². The van der Waals surface area contributed by atoms with Crippen molar-refractivity contribution in [2.45, 2.75) is 6.04 Å². The summed E-state index contributed by atoms with van der Waals surface area (Å²) < 4.78 is 9.91. The lowest BCUT2D eigenvalue weighted by Gasteiger charge is -2.25.